The van der Waals surface area contributed by atoms with Crippen LogP contribution in [-0.2, 0) is 12.8 Å². The van der Waals surface area contributed by atoms with Crippen molar-refractivity contribution in [2.75, 3.05) is 19.0 Å². The van der Waals surface area contributed by atoms with Crippen molar-refractivity contribution in [2.24, 2.45) is 0 Å². The molecule has 1 aromatic carbocycles. The number of nitrogens with zero attached hydrogens (tertiary/aromatic N) is 2. The molecule has 0 aliphatic heterocycles. The van der Waals surface area contributed by atoms with Crippen LogP contribution >= 0.6 is 11.3 Å². The van der Waals surface area contributed by atoms with E-state index in [1.165, 1.54) is 23.3 Å². The van der Waals surface area contributed by atoms with Crippen LogP contribution < -0.4 is 15.6 Å². The monoisotopic (exact) mass is 413 g/mol. The van der Waals surface area contributed by atoms with Crippen LogP contribution in [-0.4, -0.2) is 34.4 Å². The number of aliphatic hydroxyl groups excluding tert-OH is 1. The fourth-order valence-corrected chi connectivity index (χ4v) is 5.16. The van der Waals surface area contributed by atoms with E-state index in [1.807, 2.05) is 31.2 Å². The van der Waals surface area contributed by atoms with Crippen LogP contribution in [0.1, 0.15) is 43.0 Å². The third-order valence-corrected chi connectivity index (χ3v) is 6.80. The molecule has 154 valence electrons. The average molecular weight is 414 g/mol. The molecule has 2 heterocycles. The van der Waals surface area contributed by atoms with E-state index in [4.69, 9.17) is 9.72 Å². The fourth-order valence-electron chi connectivity index (χ4n) is 3.91. The van der Waals surface area contributed by atoms with Gasteiger partial charge in [0.25, 0.3) is 5.56 Å². The van der Waals surface area contributed by atoms with Crippen molar-refractivity contribution in [3.05, 3.63) is 45.1 Å². The molecule has 1 aliphatic rings. The second-order valence-electron chi connectivity index (χ2n) is 7.45. The van der Waals surface area contributed by atoms with Gasteiger partial charge >= 0.3 is 0 Å². The number of hydrogen-bond donors (Lipinski definition) is 2. The molecule has 0 saturated carbocycles. The quantitative estimate of drug-likeness (QED) is 0.599. The van der Waals surface area contributed by atoms with Gasteiger partial charge < -0.3 is 15.2 Å². The molecular weight excluding hydrogens is 386 g/mol. The molecule has 0 spiro atoms. The molecular formula is C22H27N3O3S. The predicted octanol–water partition coefficient (Wildman–Crippen LogP) is 3.91. The Balaban J connectivity index is 1.94. The smallest absolute Gasteiger partial charge is 0.268 e. The highest BCUT2D eigenvalue weighted by atomic mass is 32.1. The molecule has 3 aromatic rings. The van der Waals surface area contributed by atoms with Gasteiger partial charge in [-0.1, -0.05) is 13.3 Å². The minimum Gasteiger partial charge on any atom is -0.497 e. The first-order valence-electron chi connectivity index (χ1n) is 10.2. The summed E-state index contributed by atoms with van der Waals surface area (Å²) in [5.41, 5.74) is 1.87. The Labute approximate surface area is 174 Å². The zero-order valence-corrected chi connectivity index (χ0v) is 17.7. The number of nitrogens with one attached hydrogen (secondary N) is 1. The van der Waals surface area contributed by atoms with Crippen LogP contribution in [0.5, 0.6) is 5.75 Å². The predicted molar refractivity (Wildman–Crippen MR) is 118 cm³/mol. The molecule has 2 aromatic heterocycles. The van der Waals surface area contributed by atoms with E-state index in [1.54, 1.807) is 23.0 Å². The summed E-state index contributed by atoms with van der Waals surface area (Å²) >= 11 is 1.65. The Bertz CT molecular complexity index is 1050. The zero-order chi connectivity index (χ0) is 20.4. The largest absolute Gasteiger partial charge is 0.497 e. The Hall–Kier alpha value is -2.38. The molecule has 1 aliphatic carbocycles. The van der Waals surface area contributed by atoms with Crippen molar-refractivity contribution in [3.63, 3.8) is 0 Å². The average Bonchev–Trinajstić information content (AvgIpc) is 2.93. The number of thiophene rings is 1. The van der Waals surface area contributed by atoms with E-state index >= 15 is 0 Å². The molecule has 6 nitrogen and oxygen atoms in total. The summed E-state index contributed by atoms with van der Waals surface area (Å²) < 4.78 is 6.90. The van der Waals surface area contributed by atoms with Crippen LogP contribution in [0.2, 0.25) is 0 Å². The van der Waals surface area contributed by atoms with Crippen LogP contribution in [0, 0.1) is 0 Å². The number of hydrogen-bond acceptors (Lipinski definition) is 6. The zero-order valence-electron chi connectivity index (χ0n) is 16.9. The summed E-state index contributed by atoms with van der Waals surface area (Å²) in [4.78, 5) is 20.7. The fraction of sp³-hybridized carbons (Fsp3) is 0.455. The SMILES string of the molecule is CCC(CO)Nc1nc2sc3c(c2c(=O)n1-c1ccc(OC)cc1)CCCCC3. The summed E-state index contributed by atoms with van der Waals surface area (Å²) in [6.07, 6.45) is 6.18. The minimum atomic E-state index is -0.165. The summed E-state index contributed by atoms with van der Waals surface area (Å²) in [5.74, 6) is 1.21. The second kappa shape index (κ2) is 8.55. The van der Waals surface area contributed by atoms with Crippen LogP contribution in [0.3, 0.4) is 0 Å². The molecule has 2 N–H and O–H groups in total. The number of rotatable bonds is 6. The summed E-state index contributed by atoms with van der Waals surface area (Å²) in [6.45, 7) is 1.98. The topological polar surface area (TPSA) is 76.4 Å². The van der Waals surface area contributed by atoms with Gasteiger partial charge in [-0.05, 0) is 61.9 Å². The van der Waals surface area contributed by atoms with Crippen LogP contribution in [0.25, 0.3) is 15.9 Å². The number of aromatic nitrogens is 2. The molecule has 0 saturated heterocycles. The van der Waals surface area contributed by atoms with E-state index in [-0.39, 0.29) is 18.2 Å². The maximum Gasteiger partial charge on any atom is 0.268 e. The van der Waals surface area contributed by atoms with E-state index < -0.39 is 0 Å². The van der Waals surface area contributed by atoms with Gasteiger partial charge in [0.05, 0.1) is 30.8 Å². The van der Waals surface area contributed by atoms with Crippen molar-refractivity contribution in [1.29, 1.82) is 0 Å². The van der Waals surface area contributed by atoms with Gasteiger partial charge in [0.1, 0.15) is 10.6 Å². The van der Waals surface area contributed by atoms with Gasteiger partial charge in [0.15, 0.2) is 0 Å². The van der Waals surface area contributed by atoms with Crippen molar-refractivity contribution in [3.8, 4) is 11.4 Å². The Morgan fingerprint density at radius 3 is 2.69 bits per heavy atom. The minimum absolute atomic E-state index is 0.0199. The van der Waals surface area contributed by atoms with Crippen molar-refractivity contribution < 1.29 is 9.84 Å². The Kier molecular flexibility index (Phi) is 5.87. The van der Waals surface area contributed by atoms with Crippen molar-refractivity contribution in [1.82, 2.24) is 9.55 Å². The third kappa shape index (κ3) is 3.76. The summed E-state index contributed by atoms with van der Waals surface area (Å²) in [7, 11) is 1.62. The van der Waals surface area contributed by atoms with E-state index in [9.17, 15) is 9.90 Å². The number of benzene rings is 1. The molecule has 0 amide bonds. The summed E-state index contributed by atoms with van der Waals surface area (Å²) in [5, 5.41) is 13.7. The molecule has 29 heavy (non-hydrogen) atoms. The summed E-state index contributed by atoms with van der Waals surface area (Å²) in [6, 6.07) is 7.25. The molecule has 0 radical (unpaired) electrons. The van der Waals surface area contributed by atoms with Gasteiger partial charge in [-0.15, -0.1) is 11.3 Å². The number of aryl methyl sites for hydroxylation is 2. The molecule has 7 heteroatoms. The lowest BCUT2D eigenvalue weighted by molar-refractivity contribution is 0.271. The van der Waals surface area contributed by atoms with Crippen molar-refractivity contribution in [2.45, 2.75) is 51.5 Å². The van der Waals surface area contributed by atoms with Gasteiger partial charge in [0.2, 0.25) is 5.95 Å². The Morgan fingerprint density at radius 1 is 1.24 bits per heavy atom. The van der Waals surface area contributed by atoms with E-state index in [0.717, 1.165) is 47.3 Å². The lowest BCUT2D eigenvalue weighted by Gasteiger charge is -2.19. The number of ether oxygens (including phenoxy) is 1. The standard InChI is InChI=1S/C22H27N3O3S/c1-3-14(13-26)23-22-24-20-19(17-7-5-4-6-8-18(17)29-20)21(27)25(22)15-9-11-16(28-2)12-10-15/h9-12,14,26H,3-8,13H2,1-2H3,(H,23,24). The van der Waals surface area contributed by atoms with Gasteiger partial charge in [-0.25, -0.2) is 9.55 Å². The Morgan fingerprint density at radius 2 is 2.00 bits per heavy atom. The molecule has 1 unspecified atom stereocenters. The first kappa shape index (κ1) is 19.9. The molecule has 0 fully saturated rings. The second-order valence-corrected chi connectivity index (χ2v) is 8.53. The first-order chi connectivity index (χ1) is 14.2. The van der Waals surface area contributed by atoms with Gasteiger partial charge in [-0.3, -0.25) is 4.79 Å². The normalized spacial score (nSPS) is 15.0. The highest BCUT2D eigenvalue weighted by Crippen LogP contribution is 2.34. The maximum absolute atomic E-state index is 13.7. The van der Waals surface area contributed by atoms with E-state index in [2.05, 4.69) is 5.32 Å². The lowest BCUT2D eigenvalue weighted by atomic mass is 10.1. The lowest BCUT2D eigenvalue weighted by Crippen LogP contribution is -2.30. The highest BCUT2D eigenvalue weighted by Gasteiger charge is 2.23. The van der Waals surface area contributed by atoms with Crippen LogP contribution in [0.4, 0.5) is 5.95 Å². The number of fused-ring (bicyclic) bond motifs is 3. The first-order valence-corrected chi connectivity index (χ1v) is 11.1. The van der Waals surface area contributed by atoms with Crippen molar-refractivity contribution >= 4 is 27.5 Å². The third-order valence-electron chi connectivity index (χ3n) is 5.62. The van der Waals surface area contributed by atoms with E-state index in [0.29, 0.717) is 5.95 Å². The highest BCUT2D eigenvalue weighted by molar-refractivity contribution is 7.18. The number of aliphatic hydroxyl groups is 1. The van der Waals surface area contributed by atoms with Gasteiger partial charge in [-0.2, -0.15) is 0 Å². The number of methoxy groups -OCH3 is 1. The molecule has 1 atom stereocenters. The van der Waals surface area contributed by atoms with Gasteiger partial charge in [0, 0.05) is 4.88 Å². The maximum atomic E-state index is 13.7. The molecule has 0 bridgehead atoms. The molecule has 4 rings (SSSR count). The number of anilines is 1. The van der Waals surface area contributed by atoms with Crippen LogP contribution in [0.15, 0.2) is 29.1 Å².